The maximum atomic E-state index is 13.2. The Morgan fingerprint density at radius 3 is 2.21 bits per heavy atom. The Labute approximate surface area is 170 Å². The van der Waals surface area contributed by atoms with Crippen LogP contribution < -0.4 is 9.04 Å². The molecule has 0 N–H and O–H groups in total. The molecular formula is C20H23NO7S. The lowest BCUT2D eigenvalue weighted by molar-refractivity contribution is -0.141. The predicted octanol–water partition coefficient (Wildman–Crippen LogP) is 2.63. The maximum Gasteiger partial charge on any atom is 0.338 e. The summed E-state index contributed by atoms with van der Waals surface area (Å²) in [5.41, 5.74) is 0.308. The Kier molecular flexibility index (Phi) is 7.60. The molecule has 0 heterocycles. The van der Waals surface area contributed by atoms with Crippen LogP contribution >= 0.6 is 0 Å². The summed E-state index contributed by atoms with van der Waals surface area (Å²) in [6.07, 6.45) is 0. The van der Waals surface area contributed by atoms with E-state index in [9.17, 15) is 18.0 Å². The summed E-state index contributed by atoms with van der Waals surface area (Å²) in [6.45, 7) is 3.04. The van der Waals surface area contributed by atoms with Crippen molar-refractivity contribution in [2.24, 2.45) is 0 Å². The van der Waals surface area contributed by atoms with Gasteiger partial charge in [0.2, 0.25) is 0 Å². The second-order valence-corrected chi connectivity index (χ2v) is 7.63. The minimum Gasteiger partial charge on any atom is -0.497 e. The predicted molar refractivity (Wildman–Crippen MR) is 107 cm³/mol. The molecule has 156 valence electrons. The molecule has 9 heteroatoms. The first-order valence-electron chi connectivity index (χ1n) is 8.93. The average Bonchev–Trinajstić information content (AvgIpc) is 2.72. The van der Waals surface area contributed by atoms with Crippen LogP contribution in [0.15, 0.2) is 53.4 Å². The van der Waals surface area contributed by atoms with Crippen LogP contribution in [0.4, 0.5) is 5.69 Å². The molecule has 0 amide bonds. The van der Waals surface area contributed by atoms with Gasteiger partial charge < -0.3 is 14.2 Å². The standard InChI is InChI=1S/C20H23NO7S/c1-4-27-19(22)14-21(16-8-6-7-15(13-16)20(23)28-5-2)29(24,25)18-11-9-17(26-3)10-12-18/h6-13H,4-5,14H2,1-3H3. The molecule has 2 rings (SSSR count). The highest BCUT2D eigenvalue weighted by atomic mass is 32.2. The van der Waals surface area contributed by atoms with Crippen molar-refractivity contribution in [2.45, 2.75) is 18.7 Å². The number of ether oxygens (including phenoxy) is 3. The molecular weight excluding hydrogens is 398 g/mol. The molecule has 0 aliphatic carbocycles. The fourth-order valence-electron chi connectivity index (χ4n) is 2.52. The fourth-order valence-corrected chi connectivity index (χ4v) is 3.92. The lowest BCUT2D eigenvalue weighted by atomic mass is 10.2. The molecule has 0 bridgehead atoms. The number of nitrogens with zero attached hydrogens (tertiary/aromatic N) is 1. The van der Waals surface area contributed by atoms with E-state index < -0.39 is 28.5 Å². The number of rotatable bonds is 9. The van der Waals surface area contributed by atoms with E-state index in [2.05, 4.69) is 0 Å². The number of benzene rings is 2. The van der Waals surface area contributed by atoms with E-state index in [1.807, 2.05) is 0 Å². The first-order valence-corrected chi connectivity index (χ1v) is 10.4. The highest BCUT2D eigenvalue weighted by Crippen LogP contribution is 2.26. The normalized spacial score (nSPS) is 10.9. The third-order valence-electron chi connectivity index (χ3n) is 3.87. The Morgan fingerprint density at radius 1 is 0.966 bits per heavy atom. The molecule has 8 nitrogen and oxygen atoms in total. The van der Waals surface area contributed by atoms with Gasteiger partial charge in [-0.05, 0) is 56.3 Å². The Hall–Kier alpha value is -3.07. The highest BCUT2D eigenvalue weighted by molar-refractivity contribution is 7.92. The number of carbonyl (C=O) groups excluding carboxylic acids is 2. The van der Waals surface area contributed by atoms with Crippen LogP contribution in [-0.4, -0.2) is 47.2 Å². The molecule has 0 fully saturated rings. The summed E-state index contributed by atoms with van der Waals surface area (Å²) >= 11 is 0. The van der Waals surface area contributed by atoms with E-state index in [4.69, 9.17) is 14.2 Å². The molecule has 29 heavy (non-hydrogen) atoms. The van der Waals surface area contributed by atoms with Crippen LogP contribution in [0.1, 0.15) is 24.2 Å². The van der Waals surface area contributed by atoms with Crippen molar-refractivity contribution >= 4 is 27.6 Å². The largest absolute Gasteiger partial charge is 0.497 e. The van der Waals surface area contributed by atoms with Crippen molar-refractivity contribution in [3.05, 3.63) is 54.1 Å². The van der Waals surface area contributed by atoms with E-state index in [-0.39, 0.29) is 29.4 Å². The minimum absolute atomic E-state index is 0.0378. The molecule has 0 aliphatic rings. The zero-order valence-corrected chi connectivity index (χ0v) is 17.3. The molecule has 0 saturated carbocycles. The number of methoxy groups -OCH3 is 1. The van der Waals surface area contributed by atoms with E-state index >= 15 is 0 Å². The van der Waals surface area contributed by atoms with Crippen molar-refractivity contribution in [1.82, 2.24) is 0 Å². The van der Waals surface area contributed by atoms with Crippen LogP contribution in [0.5, 0.6) is 5.75 Å². The van der Waals surface area contributed by atoms with Gasteiger partial charge in [0.15, 0.2) is 0 Å². The fraction of sp³-hybridized carbons (Fsp3) is 0.300. The quantitative estimate of drug-likeness (QED) is 0.574. The van der Waals surface area contributed by atoms with Gasteiger partial charge in [0, 0.05) is 0 Å². The molecule has 0 atom stereocenters. The third-order valence-corrected chi connectivity index (χ3v) is 5.66. The van der Waals surface area contributed by atoms with Crippen LogP contribution in [0.25, 0.3) is 0 Å². The molecule has 0 aromatic heterocycles. The highest BCUT2D eigenvalue weighted by Gasteiger charge is 2.28. The number of hydrogen-bond donors (Lipinski definition) is 0. The molecule has 0 saturated heterocycles. The summed E-state index contributed by atoms with van der Waals surface area (Å²) in [6, 6.07) is 11.6. The third kappa shape index (κ3) is 5.47. The van der Waals surface area contributed by atoms with E-state index in [0.29, 0.717) is 5.75 Å². The van der Waals surface area contributed by atoms with Gasteiger partial charge in [-0.25, -0.2) is 13.2 Å². The van der Waals surface area contributed by atoms with Gasteiger partial charge in [-0.1, -0.05) is 6.07 Å². The van der Waals surface area contributed by atoms with E-state index in [1.54, 1.807) is 13.8 Å². The van der Waals surface area contributed by atoms with Crippen LogP contribution in [-0.2, 0) is 24.3 Å². The molecule has 0 aliphatic heterocycles. The van der Waals surface area contributed by atoms with Crippen LogP contribution in [0.3, 0.4) is 0 Å². The maximum absolute atomic E-state index is 13.2. The molecule has 2 aromatic rings. The van der Waals surface area contributed by atoms with Gasteiger partial charge in [0.25, 0.3) is 10.0 Å². The SMILES string of the molecule is CCOC(=O)CN(c1cccc(C(=O)OCC)c1)S(=O)(=O)c1ccc(OC)cc1. The Balaban J connectivity index is 2.50. The topological polar surface area (TPSA) is 99.2 Å². The van der Waals surface area contributed by atoms with Crippen molar-refractivity contribution in [3.63, 3.8) is 0 Å². The molecule has 0 unspecified atom stereocenters. The number of carbonyl (C=O) groups is 2. The average molecular weight is 421 g/mol. The second-order valence-electron chi connectivity index (χ2n) is 5.76. The van der Waals surface area contributed by atoms with Gasteiger partial charge in [-0.3, -0.25) is 9.10 Å². The number of sulfonamides is 1. The summed E-state index contributed by atoms with van der Waals surface area (Å²) in [4.78, 5) is 24.1. The first-order chi connectivity index (χ1) is 13.8. The van der Waals surface area contributed by atoms with Crippen molar-refractivity contribution in [2.75, 3.05) is 31.2 Å². The van der Waals surface area contributed by atoms with Crippen molar-refractivity contribution in [3.8, 4) is 5.75 Å². The molecule has 0 radical (unpaired) electrons. The molecule has 0 spiro atoms. The zero-order valence-electron chi connectivity index (χ0n) is 16.5. The number of hydrogen-bond acceptors (Lipinski definition) is 7. The summed E-state index contributed by atoms with van der Waals surface area (Å²) < 4.78 is 42.3. The lowest BCUT2D eigenvalue weighted by Gasteiger charge is -2.24. The van der Waals surface area contributed by atoms with Crippen molar-refractivity contribution < 1.29 is 32.2 Å². The van der Waals surface area contributed by atoms with E-state index in [0.717, 1.165) is 4.31 Å². The van der Waals surface area contributed by atoms with Gasteiger partial charge in [0.1, 0.15) is 12.3 Å². The van der Waals surface area contributed by atoms with Crippen LogP contribution in [0.2, 0.25) is 0 Å². The van der Waals surface area contributed by atoms with Gasteiger partial charge in [-0.2, -0.15) is 0 Å². The summed E-state index contributed by atoms with van der Waals surface area (Å²) in [7, 11) is -2.65. The van der Waals surface area contributed by atoms with Gasteiger partial charge >= 0.3 is 11.9 Å². The molecule has 2 aromatic carbocycles. The Bertz CT molecular complexity index is 955. The number of anilines is 1. The lowest BCUT2D eigenvalue weighted by Crippen LogP contribution is -2.36. The second kappa shape index (κ2) is 9.92. The van der Waals surface area contributed by atoms with Crippen molar-refractivity contribution in [1.29, 1.82) is 0 Å². The Morgan fingerprint density at radius 2 is 1.62 bits per heavy atom. The summed E-state index contributed by atoms with van der Waals surface area (Å²) in [5.74, 6) is -0.816. The zero-order chi connectivity index (χ0) is 21.4. The number of esters is 2. The first kappa shape index (κ1) is 22.2. The van der Waals surface area contributed by atoms with Crippen LogP contribution in [0, 0.1) is 0 Å². The van der Waals surface area contributed by atoms with E-state index in [1.165, 1.54) is 55.6 Å². The summed E-state index contributed by atoms with van der Waals surface area (Å²) in [5, 5.41) is 0. The smallest absolute Gasteiger partial charge is 0.338 e. The van der Waals surface area contributed by atoms with Gasteiger partial charge in [0.05, 0.1) is 36.5 Å². The monoisotopic (exact) mass is 421 g/mol. The minimum atomic E-state index is -4.12. The van der Waals surface area contributed by atoms with Gasteiger partial charge in [-0.15, -0.1) is 0 Å².